The second kappa shape index (κ2) is 52.7. The monoisotopic (exact) mass is 986 g/mol. The fraction of sp³-hybridized carbons (Fsp3) is 0.969. The van der Waals surface area contributed by atoms with Crippen molar-refractivity contribution in [2.75, 3.05) is 39.3 Å². The smallest absolute Gasteiger partial charge is 0.222 e. The van der Waals surface area contributed by atoms with E-state index in [4.69, 9.17) is 0 Å². The molecule has 0 aliphatic heterocycles. The number of rotatable bonds is 53. The summed E-state index contributed by atoms with van der Waals surface area (Å²) < 4.78 is 0. The summed E-state index contributed by atoms with van der Waals surface area (Å²) in [6, 6.07) is 0.303. The minimum atomic E-state index is -0.198. The van der Waals surface area contributed by atoms with Gasteiger partial charge in [-0.15, -0.1) is 0 Å². The van der Waals surface area contributed by atoms with E-state index in [1.165, 1.54) is 263 Å². The van der Waals surface area contributed by atoms with E-state index in [-0.39, 0.29) is 6.10 Å². The van der Waals surface area contributed by atoms with Crippen molar-refractivity contribution in [2.45, 2.75) is 361 Å². The molecule has 1 saturated carbocycles. The number of unbranched alkanes of at least 4 members (excludes halogenated alkanes) is 36. The van der Waals surface area contributed by atoms with Gasteiger partial charge in [0.25, 0.3) is 0 Å². The Balaban J connectivity index is 2.53. The van der Waals surface area contributed by atoms with E-state index in [0.717, 1.165) is 97.1 Å². The van der Waals surface area contributed by atoms with Gasteiger partial charge in [0.15, 0.2) is 0 Å². The first kappa shape index (κ1) is 66.9. The minimum absolute atomic E-state index is 0.198. The molecule has 1 N–H and O–H groups in total. The van der Waals surface area contributed by atoms with Gasteiger partial charge in [0, 0.05) is 45.1 Å². The van der Waals surface area contributed by atoms with E-state index in [0.29, 0.717) is 17.9 Å². The number of nitrogens with zero attached hydrogens (tertiary/aromatic N) is 3. The molecule has 0 aromatic rings. The van der Waals surface area contributed by atoms with Crippen LogP contribution in [0.4, 0.5) is 0 Å². The van der Waals surface area contributed by atoms with E-state index in [9.17, 15) is 14.7 Å². The highest BCUT2D eigenvalue weighted by molar-refractivity contribution is 5.76. The zero-order valence-electron chi connectivity index (χ0n) is 48.4. The van der Waals surface area contributed by atoms with Crippen molar-refractivity contribution in [3.63, 3.8) is 0 Å². The van der Waals surface area contributed by atoms with Gasteiger partial charge in [-0.05, 0) is 77.3 Å². The van der Waals surface area contributed by atoms with Crippen molar-refractivity contribution in [1.29, 1.82) is 0 Å². The molecule has 0 aromatic carbocycles. The number of carbonyl (C=O) groups excluding carboxylic acids is 2. The maximum atomic E-state index is 13.5. The Kier molecular flexibility index (Phi) is 50.4. The van der Waals surface area contributed by atoms with Crippen LogP contribution in [0, 0.1) is 0 Å². The summed E-state index contributed by atoms with van der Waals surface area (Å²) in [5, 5.41) is 11.4. The standard InChI is InChI=1S/C64H127N3O3/c1-5-9-13-17-21-25-35-47-57-66(58-48-36-26-22-18-14-10-6-2)63(69)53-43-31-29-39-45-55-65(61-51-41-33-34-42-52-62(61)68)56-46-40-30-32-44-54-64(70)67(59-49-37-27-23-19-15-11-7-3)60-50-38-28-24-20-16-12-8-4/h61-62,68H,5-60H2,1-4H3/t61-,62+/m0/s1. The molecule has 2 amide bonds. The molecule has 6 nitrogen and oxygen atoms in total. The molecule has 0 saturated heterocycles. The lowest BCUT2D eigenvalue weighted by Gasteiger charge is -2.36. The van der Waals surface area contributed by atoms with Gasteiger partial charge in [0.1, 0.15) is 0 Å². The van der Waals surface area contributed by atoms with Crippen LogP contribution < -0.4 is 0 Å². The van der Waals surface area contributed by atoms with Crippen molar-refractivity contribution in [1.82, 2.24) is 14.7 Å². The first-order valence-electron chi connectivity index (χ1n) is 32.5. The molecule has 0 bridgehead atoms. The predicted molar refractivity (Wildman–Crippen MR) is 308 cm³/mol. The quantitative estimate of drug-likeness (QED) is 0.0617. The number of hydrogen-bond donors (Lipinski definition) is 1. The molecule has 0 unspecified atom stereocenters. The zero-order chi connectivity index (χ0) is 50.6. The number of amides is 2. The van der Waals surface area contributed by atoms with Gasteiger partial charge in [0.2, 0.25) is 11.8 Å². The summed E-state index contributed by atoms with van der Waals surface area (Å²) in [5.74, 6) is 0.819. The van der Waals surface area contributed by atoms with Crippen LogP contribution in [0.15, 0.2) is 0 Å². The number of hydrogen-bond acceptors (Lipinski definition) is 4. The van der Waals surface area contributed by atoms with Gasteiger partial charge < -0.3 is 14.9 Å². The van der Waals surface area contributed by atoms with Crippen molar-refractivity contribution in [3.8, 4) is 0 Å². The van der Waals surface area contributed by atoms with Gasteiger partial charge in [-0.25, -0.2) is 0 Å². The van der Waals surface area contributed by atoms with Crippen molar-refractivity contribution < 1.29 is 14.7 Å². The SMILES string of the molecule is CCCCCCCCCCN(CCCCCCCCCC)C(=O)CCCCCCCN(CCCCCCCC(=O)N(CCCCCCCCCC)CCCCCCCCCC)[C@H]1CCCCCC[C@H]1O. The maximum absolute atomic E-state index is 13.5. The molecule has 70 heavy (non-hydrogen) atoms. The highest BCUT2D eigenvalue weighted by Crippen LogP contribution is 2.24. The van der Waals surface area contributed by atoms with Crippen LogP contribution in [-0.2, 0) is 9.59 Å². The van der Waals surface area contributed by atoms with Gasteiger partial charge >= 0.3 is 0 Å². The fourth-order valence-electron chi connectivity index (χ4n) is 11.3. The lowest BCUT2D eigenvalue weighted by molar-refractivity contribution is -0.132. The maximum Gasteiger partial charge on any atom is 0.222 e. The summed E-state index contributed by atoms with van der Waals surface area (Å²) >= 11 is 0. The third-order valence-corrected chi connectivity index (χ3v) is 16.2. The van der Waals surface area contributed by atoms with Gasteiger partial charge in [-0.1, -0.05) is 272 Å². The molecule has 1 fully saturated rings. The van der Waals surface area contributed by atoms with E-state index >= 15 is 0 Å². The normalized spacial score (nSPS) is 15.4. The first-order chi connectivity index (χ1) is 34.5. The summed E-state index contributed by atoms with van der Waals surface area (Å²) in [5.41, 5.74) is 0. The molecule has 0 aromatic heterocycles. The summed E-state index contributed by atoms with van der Waals surface area (Å²) in [6.07, 6.45) is 62.1. The topological polar surface area (TPSA) is 64.1 Å². The van der Waals surface area contributed by atoms with Crippen molar-refractivity contribution >= 4 is 11.8 Å². The first-order valence-corrected chi connectivity index (χ1v) is 32.5. The van der Waals surface area contributed by atoms with Crippen molar-refractivity contribution in [2.24, 2.45) is 0 Å². The predicted octanol–water partition coefficient (Wildman–Crippen LogP) is 19.3. The lowest BCUT2D eigenvalue weighted by Crippen LogP contribution is -2.45. The second-order valence-corrected chi connectivity index (χ2v) is 22.9. The Hall–Kier alpha value is -1.14. The van der Waals surface area contributed by atoms with Crippen LogP contribution in [0.25, 0.3) is 0 Å². The number of aliphatic hydroxyl groups excluding tert-OH is 1. The van der Waals surface area contributed by atoms with E-state index < -0.39 is 0 Å². The molecule has 0 heterocycles. The third-order valence-electron chi connectivity index (χ3n) is 16.2. The molecule has 6 heteroatoms. The van der Waals surface area contributed by atoms with Crippen LogP contribution >= 0.6 is 0 Å². The van der Waals surface area contributed by atoms with Gasteiger partial charge in [0.05, 0.1) is 6.10 Å². The van der Waals surface area contributed by atoms with Crippen molar-refractivity contribution in [3.05, 3.63) is 0 Å². The Bertz CT molecular complexity index is 976. The average molecular weight is 987 g/mol. The second-order valence-electron chi connectivity index (χ2n) is 22.9. The zero-order valence-corrected chi connectivity index (χ0v) is 48.4. The van der Waals surface area contributed by atoms with Crippen LogP contribution in [0.1, 0.15) is 349 Å². The van der Waals surface area contributed by atoms with Gasteiger partial charge in [-0.3, -0.25) is 14.5 Å². The minimum Gasteiger partial charge on any atom is -0.391 e. The highest BCUT2D eigenvalue weighted by Gasteiger charge is 2.26. The summed E-state index contributed by atoms with van der Waals surface area (Å²) in [7, 11) is 0. The third kappa shape index (κ3) is 41.2. The van der Waals surface area contributed by atoms with Crippen LogP contribution in [-0.4, -0.2) is 83.0 Å². The molecular formula is C64H127N3O3. The Morgan fingerprint density at radius 1 is 0.314 bits per heavy atom. The molecule has 416 valence electrons. The summed E-state index contributed by atoms with van der Waals surface area (Å²) in [4.78, 5) is 34.3. The number of carbonyl (C=O) groups is 2. The van der Waals surface area contributed by atoms with E-state index in [1.54, 1.807) is 0 Å². The van der Waals surface area contributed by atoms with Crippen LogP contribution in [0.3, 0.4) is 0 Å². The van der Waals surface area contributed by atoms with E-state index in [2.05, 4.69) is 42.4 Å². The van der Waals surface area contributed by atoms with E-state index in [1.807, 2.05) is 0 Å². The molecular weight excluding hydrogens is 859 g/mol. The summed E-state index contributed by atoms with van der Waals surface area (Å²) in [6.45, 7) is 15.2. The Morgan fingerprint density at radius 2 is 0.557 bits per heavy atom. The lowest BCUT2D eigenvalue weighted by atomic mass is 9.92. The molecule has 1 rings (SSSR count). The fourth-order valence-corrected chi connectivity index (χ4v) is 11.3. The number of aliphatic hydroxyl groups is 1. The van der Waals surface area contributed by atoms with Gasteiger partial charge in [-0.2, -0.15) is 0 Å². The Labute approximate surface area is 439 Å². The average Bonchev–Trinajstić information content (AvgIpc) is 3.35. The molecule has 1 aliphatic carbocycles. The van der Waals surface area contributed by atoms with Crippen LogP contribution in [0.5, 0.6) is 0 Å². The van der Waals surface area contributed by atoms with Crippen LogP contribution in [0.2, 0.25) is 0 Å². The molecule has 2 atom stereocenters. The highest BCUT2D eigenvalue weighted by atomic mass is 16.3. The molecule has 0 radical (unpaired) electrons. The largest absolute Gasteiger partial charge is 0.391 e. The molecule has 0 spiro atoms. The Morgan fingerprint density at radius 3 is 0.857 bits per heavy atom. The molecule has 1 aliphatic rings.